The molecule has 0 amide bonds. The van der Waals surface area contributed by atoms with E-state index >= 15 is 0 Å². The molecular weight excluding hydrogens is 194 g/mol. The molecule has 0 spiro atoms. The van der Waals surface area contributed by atoms with Crippen molar-refractivity contribution in [2.75, 3.05) is 0 Å². The van der Waals surface area contributed by atoms with Gasteiger partial charge < -0.3 is 5.73 Å². The Balaban J connectivity index is 1.80. The summed E-state index contributed by atoms with van der Waals surface area (Å²) in [5.74, 6) is 4.56. The van der Waals surface area contributed by atoms with E-state index in [1.165, 1.54) is 19.3 Å². The van der Waals surface area contributed by atoms with Crippen molar-refractivity contribution >= 4 is 0 Å². The molecule has 5 atom stereocenters. The fourth-order valence-corrected chi connectivity index (χ4v) is 5.70. The number of hydrogen-bond donors (Lipinski definition) is 1. The maximum absolute atomic E-state index is 6.20. The highest BCUT2D eigenvalue weighted by Crippen LogP contribution is 2.83. The summed E-state index contributed by atoms with van der Waals surface area (Å²) in [6, 6.07) is 0. The zero-order valence-corrected chi connectivity index (χ0v) is 10.2. The molecule has 0 heterocycles. The summed E-state index contributed by atoms with van der Waals surface area (Å²) in [6.45, 7) is 4.87. The smallest absolute Gasteiger partial charge is 0.0308 e. The molecule has 3 saturated carbocycles. The third-order valence-electron chi connectivity index (χ3n) is 6.17. The summed E-state index contributed by atoms with van der Waals surface area (Å²) in [6.07, 6.45) is 8.61. The average molecular weight is 215 g/mol. The molecule has 4 rings (SSSR count). The first kappa shape index (κ1) is 9.32. The quantitative estimate of drug-likeness (QED) is 0.714. The van der Waals surface area contributed by atoms with Gasteiger partial charge in [-0.25, -0.2) is 0 Å². The molecule has 4 unspecified atom stereocenters. The zero-order chi connectivity index (χ0) is 11.1. The molecule has 4 aliphatic carbocycles. The summed E-state index contributed by atoms with van der Waals surface area (Å²) in [5.41, 5.74) is 9.70. The Kier molecular flexibility index (Phi) is 1.50. The highest BCUT2D eigenvalue weighted by Gasteiger charge is 2.77. The topological polar surface area (TPSA) is 26.0 Å². The maximum atomic E-state index is 6.20. The number of allylic oxidation sites excluding steroid dienone is 3. The van der Waals surface area contributed by atoms with Gasteiger partial charge in [-0.1, -0.05) is 19.9 Å². The molecule has 16 heavy (non-hydrogen) atoms. The van der Waals surface area contributed by atoms with Crippen molar-refractivity contribution in [3.05, 3.63) is 23.4 Å². The molecule has 0 aromatic carbocycles. The van der Waals surface area contributed by atoms with Crippen LogP contribution >= 0.6 is 0 Å². The second-order valence-electron chi connectivity index (χ2n) is 6.62. The van der Waals surface area contributed by atoms with Gasteiger partial charge in [0, 0.05) is 5.70 Å². The van der Waals surface area contributed by atoms with Gasteiger partial charge in [-0.3, -0.25) is 0 Å². The lowest BCUT2D eigenvalue weighted by Gasteiger charge is -2.27. The van der Waals surface area contributed by atoms with Crippen molar-refractivity contribution in [3.8, 4) is 0 Å². The predicted molar refractivity (Wildman–Crippen MR) is 65.4 cm³/mol. The van der Waals surface area contributed by atoms with Gasteiger partial charge in [0.15, 0.2) is 0 Å². The standard InChI is InChI=1S/C15H21N/c1-8(2)15-7-6-10-12-9(13(15)14(10)15)4-3-5-11(12)16/h3,5,8-10,13-14H,4,6-7,16H2,1-2H3/t9?,10?,13-,14?,15?/m1/s1. The largest absolute Gasteiger partial charge is 0.399 e. The second-order valence-corrected chi connectivity index (χ2v) is 6.62. The molecular formula is C15H21N. The van der Waals surface area contributed by atoms with E-state index in [1.807, 2.05) is 0 Å². The summed E-state index contributed by atoms with van der Waals surface area (Å²) in [7, 11) is 0. The van der Waals surface area contributed by atoms with E-state index < -0.39 is 0 Å². The van der Waals surface area contributed by atoms with Crippen LogP contribution in [0.3, 0.4) is 0 Å². The second kappa shape index (κ2) is 2.57. The van der Waals surface area contributed by atoms with E-state index in [0.29, 0.717) is 0 Å². The molecule has 0 aromatic heterocycles. The van der Waals surface area contributed by atoms with E-state index in [4.69, 9.17) is 5.73 Å². The van der Waals surface area contributed by atoms with Crippen molar-refractivity contribution in [2.24, 2.45) is 40.7 Å². The third kappa shape index (κ3) is 0.762. The van der Waals surface area contributed by atoms with E-state index in [9.17, 15) is 0 Å². The molecule has 4 aliphatic rings. The van der Waals surface area contributed by atoms with Crippen LogP contribution in [0.15, 0.2) is 23.4 Å². The van der Waals surface area contributed by atoms with Gasteiger partial charge in [0.2, 0.25) is 0 Å². The lowest BCUT2D eigenvalue weighted by molar-refractivity contribution is 0.281. The van der Waals surface area contributed by atoms with Crippen molar-refractivity contribution in [1.29, 1.82) is 0 Å². The van der Waals surface area contributed by atoms with Crippen molar-refractivity contribution in [3.63, 3.8) is 0 Å². The van der Waals surface area contributed by atoms with Crippen LogP contribution in [-0.4, -0.2) is 0 Å². The molecule has 0 saturated heterocycles. The first-order valence-corrected chi connectivity index (χ1v) is 6.84. The number of fused-ring (bicyclic) bond motifs is 4. The molecule has 0 aliphatic heterocycles. The summed E-state index contributed by atoms with van der Waals surface area (Å²) < 4.78 is 0. The van der Waals surface area contributed by atoms with Crippen molar-refractivity contribution in [1.82, 2.24) is 0 Å². The fourth-order valence-electron chi connectivity index (χ4n) is 5.70. The first-order chi connectivity index (χ1) is 7.68. The van der Waals surface area contributed by atoms with Crippen LogP contribution in [0.25, 0.3) is 0 Å². The lowest BCUT2D eigenvalue weighted by atomic mass is 9.78. The minimum atomic E-state index is 0.726. The summed E-state index contributed by atoms with van der Waals surface area (Å²) in [5, 5.41) is 0. The van der Waals surface area contributed by atoms with E-state index in [-0.39, 0.29) is 0 Å². The van der Waals surface area contributed by atoms with Crippen LogP contribution in [0.4, 0.5) is 0 Å². The van der Waals surface area contributed by atoms with Crippen LogP contribution in [-0.2, 0) is 0 Å². The normalized spacial score (nSPS) is 52.2. The lowest BCUT2D eigenvalue weighted by Crippen LogP contribution is -2.21. The minimum absolute atomic E-state index is 0.726. The first-order valence-electron chi connectivity index (χ1n) is 6.84. The molecule has 0 aromatic rings. The Labute approximate surface area is 97.8 Å². The summed E-state index contributed by atoms with van der Waals surface area (Å²) >= 11 is 0. The number of nitrogens with two attached hydrogens (primary N) is 1. The molecule has 1 heteroatoms. The highest BCUT2D eigenvalue weighted by atomic mass is 14.8. The van der Waals surface area contributed by atoms with Gasteiger partial charge >= 0.3 is 0 Å². The van der Waals surface area contributed by atoms with Crippen molar-refractivity contribution in [2.45, 2.75) is 33.1 Å². The SMILES string of the molecule is CC(C)C12CCC3C4=C(N)C=CCC4[C@@H]1C32. The Bertz CT molecular complexity index is 413. The molecule has 0 radical (unpaired) electrons. The molecule has 86 valence electrons. The monoisotopic (exact) mass is 215 g/mol. The zero-order valence-electron chi connectivity index (χ0n) is 10.2. The van der Waals surface area contributed by atoms with Crippen LogP contribution in [0, 0.1) is 35.0 Å². The van der Waals surface area contributed by atoms with Gasteiger partial charge in [0.25, 0.3) is 0 Å². The van der Waals surface area contributed by atoms with Gasteiger partial charge in [0.1, 0.15) is 0 Å². The minimum Gasteiger partial charge on any atom is -0.399 e. The third-order valence-corrected chi connectivity index (χ3v) is 6.17. The number of rotatable bonds is 1. The van der Waals surface area contributed by atoms with E-state index in [0.717, 1.165) is 40.7 Å². The molecule has 2 N–H and O–H groups in total. The van der Waals surface area contributed by atoms with Gasteiger partial charge in [0.05, 0.1) is 0 Å². The average Bonchev–Trinajstić information content (AvgIpc) is 2.64. The number of hydrogen-bond acceptors (Lipinski definition) is 1. The Hall–Kier alpha value is -0.720. The van der Waals surface area contributed by atoms with E-state index in [2.05, 4.69) is 26.0 Å². The summed E-state index contributed by atoms with van der Waals surface area (Å²) in [4.78, 5) is 0. The van der Waals surface area contributed by atoms with Gasteiger partial charge in [-0.15, -0.1) is 0 Å². The van der Waals surface area contributed by atoms with Crippen molar-refractivity contribution < 1.29 is 0 Å². The fraction of sp³-hybridized carbons (Fsp3) is 0.733. The van der Waals surface area contributed by atoms with Crippen LogP contribution < -0.4 is 5.73 Å². The van der Waals surface area contributed by atoms with Crippen LogP contribution in [0.2, 0.25) is 0 Å². The highest BCUT2D eigenvalue weighted by molar-refractivity contribution is 5.44. The molecule has 1 nitrogen and oxygen atoms in total. The molecule has 3 fully saturated rings. The van der Waals surface area contributed by atoms with Crippen LogP contribution in [0.5, 0.6) is 0 Å². The Morgan fingerprint density at radius 3 is 2.81 bits per heavy atom. The van der Waals surface area contributed by atoms with E-state index in [1.54, 1.807) is 5.57 Å². The Morgan fingerprint density at radius 2 is 2.06 bits per heavy atom. The Morgan fingerprint density at radius 1 is 1.31 bits per heavy atom. The predicted octanol–water partition coefficient (Wildman–Crippen LogP) is 3.09. The van der Waals surface area contributed by atoms with Crippen LogP contribution in [0.1, 0.15) is 33.1 Å². The van der Waals surface area contributed by atoms with Gasteiger partial charge in [-0.2, -0.15) is 0 Å². The maximum Gasteiger partial charge on any atom is 0.0308 e. The van der Waals surface area contributed by atoms with Gasteiger partial charge in [-0.05, 0) is 65.9 Å². The molecule has 0 bridgehead atoms.